The summed E-state index contributed by atoms with van der Waals surface area (Å²) in [5, 5.41) is 12.7. The second-order valence-corrected chi connectivity index (χ2v) is 5.13. The first kappa shape index (κ1) is 14.8. The van der Waals surface area contributed by atoms with Crippen molar-refractivity contribution in [1.82, 2.24) is 0 Å². The van der Waals surface area contributed by atoms with Crippen LogP contribution in [-0.2, 0) is 0 Å². The Bertz CT molecular complexity index is 568. The van der Waals surface area contributed by atoms with E-state index in [0.29, 0.717) is 6.54 Å². The van der Waals surface area contributed by atoms with Gasteiger partial charge in [0.05, 0.1) is 13.2 Å². The highest BCUT2D eigenvalue weighted by Crippen LogP contribution is 2.35. The van der Waals surface area contributed by atoms with Gasteiger partial charge in [-0.2, -0.15) is 0 Å². The van der Waals surface area contributed by atoms with Gasteiger partial charge in [-0.3, -0.25) is 0 Å². The number of fused-ring (bicyclic) bond motifs is 1. The molecule has 0 heterocycles. The van der Waals surface area contributed by atoms with Gasteiger partial charge in [0.15, 0.2) is 0 Å². The fourth-order valence-corrected chi connectivity index (χ4v) is 2.76. The van der Waals surface area contributed by atoms with E-state index in [4.69, 9.17) is 10.5 Å². The molecule has 0 aliphatic rings. The first-order chi connectivity index (χ1) is 9.72. The summed E-state index contributed by atoms with van der Waals surface area (Å²) in [6, 6.07) is 11.9. The molecular formula is C17H23NO2. The molecule has 2 atom stereocenters. The second-order valence-electron chi connectivity index (χ2n) is 5.13. The van der Waals surface area contributed by atoms with Crippen LogP contribution in [0.4, 0.5) is 0 Å². The number of hydrogen-bond acceptors (Lipinski definition) is 3. The fourth-order valence-electron chi connectivity index (χ4n) is 2.76. The van der Waals surface area contributed by atoms with Crippen molar-refractivity contribution in [3.63, 3.8) is 0 Å². The monoisotopic (exact) mass is 273 g/mol. The minimum absolute atomic E-state index is 0.0943. The number of rotatable bonds is 6. The van der Waals surface area contributed by atoms with Gasteiger partial charge >= 0.3 is 0 Å². The number of aliphatic hydroxyl groups is 1. The lowest BCUT2D eigenvalue weighted by molar-refractivity contribution is 0.108. The van der Waals surface area contributed by atoms with Crippen LogP contribution in [0, 0.1) is 5.92 Å². The zero-order chi connectivity index (χ0) is 14.5. The van der Waals surface area contributed by atoms with Crippen molar-refractivity contribution in [2.75, 3.05) is 13.7 Å². The third kappa shape index (κ3) is 2.79. The molecule has 0 radical (unpaired) electrons. The molecular weight excluding hydrogens is 250 g/mol. The molecule has 0 aromatic heterocycles. The summed E-state index contributed by atoms with van der Waals surface area (Å²) in [4.78, 5) is 0. The molecule has 2 aromatic rings. The van der Waals surface area contributed by atoms with Gasteiger partial charge in [-0.05, 0) is 30.0 Å². The SMILES string of the molecule is CCCC(CN)C(O)c1ccc(OC)c2ccccc12. The van der Waals surface area contributed by atoms with Crippen LogP contribution >= 0.6 is 0 Å². The number of methoxy groups -OCH3 is 1. The highest BCUT2D eigenvalue weighted by atomic mass is 16.5. The summed E-state index contributed by atoms with van der Waals surface area (Å²) in [5.41, 5.74) is 6.75. The van der Waals surface area contributed by atoms with Crippen molar-refractivity contribution in [3.8, 4) is 5.75 Å². The van der Waals surface area contributed by atoms with Gasteiger partial charge in [-0.25, -0.2) is 0 Å². The molecule has 2 unspecified atom stereocenters. The van der Waals surface area contributed by atoms with E-state index in [0.717, 1.165) is 34.9 Å². The van der Waals surface area contributed by atoms with Crippen molar-refractivity contribution in [3.05, 3.63) is 42.0 Å². The molecule has 0 fully saturated rings. The molecule has 0 saturated heterocycles. The summed E-state index contributed by atoms with van der Waals surface area (Å²) >= 11 is 0. The highest BCUT2D eigenvalue weighted by molar-refractivity contribution is 5.91. The first-order valence-corrected chi connectivity index (χ1v) is 7.16. The van der Waals surface area contributed by atoms with E-state index in [9.17, 15) is 5.11 Å². The molecule has 108 valence electrons. The summed E-state index contributed by atoms with van der Waals surface area (Å²) in [6.45, 7) is 2.61. The van der Waals surface area contributed by atoms with E-state index < -0.39 is 6.10 Å². The highest BCUT2D eigenvalue weighted by Gasteiger charge is 2.21. The molecule has 0 saturated carbocycles. The molecule has 0 spiro atoms. The third-order valence-electron chi connectivity index (χ3n) is 3.87. The Morgan fingerprint density at radius 3 is 2.45 bits per heavy atom. The second kappa shape index (κ2) is 6.73. The summed E-state index contributed by atoms with van der Waals surface area (Å²) in [7, 11) is 1.66. The molecule has 0 bridgehead atoms. The van der Waals surface area contributed by atoms with Gasteiger partial charge < -0.3 is 15.6 Å². The minimum Gasteiger partial charge on any atom is -0.496 e. The van der Waals surface area contributed by atoms with Crippen LogP contribution in [0.5, 0.6) is 5.75 Å². The maximum Gasteiger partial charge on any atom is 0.126 e. The van der Waals surface area contributed by atoms with E-state index in [1.54, 1.807) is 7.11 Å². The summed E-state index contributed by atoms with van der Waals surface area (Å²) in [6.07, 6.45) is 1.42. The molecule has 3 heteroatoms. The lowest BCUT2D eigenvalue weighted by Crippen LogP contribution is -2.22. The smallest absolute Gasteiger partial charge is 0.126 e. The Morgan fingerprint density at radius 2 is 1.85 bits per heavy atom. The van der Waals surface area contributed by atoms with E-state index in [-0.39, 0.29) is 5.92 Å². The number of hydrogen-bond donors (Lipinski definition) is 2. The van der Waals surface area contributed by atoms with Gasteiger partial charge in [0.25, 0.3) is 0 Å². The molecule has 3 N–H and O–H groups in total. The number of aliphatic hydroxyl groups excluding tert-OH is 1. The lowest BCUT2D eigenvalue weighted by atomic mass is 9.89. The van der Waals surface area contributed by atoms with E-state index in [1.165, 1.54) is 0 Å². The van der Waals surface area contributed by atoms with Gasteiger partial charge in [0.2, 0.25) is 0 Å². The van der Waals surface area contributed by atoms with Crippen LogP contribution in [-0.4, -0.2) is 18.8 Å². The van der Waals surface area contributed by atoms with Crippen LogP contribution in [0.25, 0.3) is 10.8 Å². The normalized spacial score (nSPS) is 14.2. The zero-order valence-corrected chi connectivity index (χ0v) is 12.2. The van der Waals surface area contributed by atoms with Crippen molar-refractivity contribution < 1.29 is 9.84 Å². The molecule has 0 aliphatic carbocycles. The van der Waals surface area contributed by atoms with Crippen LogP contribution in [0.3, 0.4) is 0 Å². The van der Waals surface area contributed by atoms with Crippen molar-refractivity contribution in [2.24, 2.45) is 11.7 Å². The zero-order valence-electron chi connectivity index (χ0n) is 12.2. The average molecular weight is 273 g/mol. The van der Waals surface area contributed by atoms with Gasteiger partial charge in [-0.15, -0.1) is 0 Å². The fraction of sp³-hybridized carbons (Fsp3) is 0.412. The number of ether oxygens (including phenoxy) is 1. The Balaban J connectivity index is 2.49. The first-order valence-electron chi connectivity index (χ1n) is 7.16. The van der Waals surface area contributed by atoms with E-state index in [1.807, 2.05) is 36.4 Å². The number of nitrogens with two attached hydrogens (primary N) is 1. The van der Waals surface area contributed by atoms with Gasteiger partial charge in [0, 0.05) is 11.3 Å². The Labute approximate surface area is 120 Å². The quantitative estimate of drug-likeness (QED) is 0.849. The van der Waals surface area contributed by atoms with E-state index >= 15 is 0 Å². The predicted octanol–water partition coefficient (Wildman–Crippen LogP) is 3.26. The van der Waals surface area contributed by atoms with Crippen molar-refractivity contribution in [2.45, 2.75) is 25.9 Å². The minimum atomic E-state index is -0.532. The summed E-state index contributed by atoms with van der Waals surface area (Å²) in [5.74, 6) is 0.924. The van der Waals surface area contributed by atoms with E-state index in [2.05, 4.69) is 6.92 Å². The summed E-state index contributed by atoms with van der Waals surface area (Å²) < 4.78 is 5.39. The van der Waals surface area contributed by atoms with Gasteiger partial charge in [-0.1, -0.05) is 43.7 Å². The maximum absolute atomic E-state index is 10.7. The molecule has 3 nitrogen and oxygen atoms in total. The van der Waals surface area contributed by atoms with Crippen LogP contribution in [0.15, 0.2) is 36.4 Å². The maximum atomic E-state index is 10.7. The average Bonchev–Trinajstić information content (AvgIpc) is 2.50. The number of benzene rings is 2. The Morgan fingerprint density at radius 1 is 1.15 bits per heavy atom. The molecule has 0 aliphatic heterocycles. The van der Waals surface area contributed by atoms with Crippen LogP contribution < -0.4 is 10.5 Å². The van der Waals surface area contributed by atoms with Crippen LogP contribution in [0.2, 0.25) is 0 Å². The van der Waals surface area contributed by atoms with Crippen LogP contribution in [0.1, 0.15) is 31.4 Å². The van der Waals surface area contributed by atoms with Gasteiger partial charge in [0.1, 0.15) is 5.75 Å². The largest absolute Gasteiger partial charge is 0.496 e. The standard InChI is InChI=1S/C17H23NO2/c1-3-6-12(11-18)17(19)15-9-10-16(20-2)14-8-5-4-7-13(14)15/h4-5,7-10,12,17,19H,3,6,11,18H2,1-2H3. The van der Waals surface area contributed by atoms with Crippen molar-refractivity contribution in [1.29, 1.82) is 0 Å². The molecule has 2 rings (SSSR count). The third-order valence-corrected chi connectivity index (χ3v) is 3.87. The Kier molecular flexibility index (Phi) is 4.99. The molecule has 20 heavy (non-hydrogen) atoms. The predicted molar refractivity (Wildman–Crippen MR) is 82.9 cm³/mol. The Hall–Kier alpha value is -1.58. The molecule has 0 amide bonds. The molecule has 2 aromatic carbocycles. The topological polar surface area (TPSA) is 55.5 Å². The lowest BCUT2D eigenvalue weighted by Gasteiger charge is -2.23. The van der Waals surface area contributed by atoms with Crippen molar-refractivity contribution >= 4 is 10.8 Å².